The van der Waals surface area contributed by atoms with Crippen LogP contribution >= 0.6 is 23.2 Å². The molecule has 5 nitrogen and oxygen atoms in total. The lowest BCUT2D eigenvalue weighted by Gasteiger charge is -2.16. The molecule has 0 fully saturated rings. The van der Waals surface area contributed by atoms with Gasteiger partial charge in [-0.25, -0.2) is 13.1 Å². The van der Waals surface area contributed by atoms with Gasteiger partial charge in [0.1, 0.15) is 4.90 Å². The van der Waals surface area contributed by atoms with Gasteiger partial charge in [0.15, 0.2) is 0 Å². The molecule has 0 saturated carbocycles. The minimum atomic E-state index is -3.81. The van der Waals surface area contributed by atoms with Crippen molar-refractivity contribution in [3.63, 3.8) is 0 Å². The van der Waals surface area contributed by atoms with Gasteiger partial charge in [-0.1, -0.05) is 36.5 Å². The minimum Gasteiger partial charge on any atom is -0.399 e. The van der Waals surface area contributed by atoms with Crippen molar-refractivity contribution in [1.29, 1.82) is 0 Å². The summed E-state index contributed by atoms with van der Waals surface area (Å²) in [4.78, 5) is -0.172. The van der Waals surface area contributed by atoms with Gasteiger partial charge in [0.2, 0.25) is 10.0 Å². The third-order valence-electron chi connectivity index (χ3n) is 2.97. The summed E-state index contributed by atoms with van der Waals surface area (Å²) >= 11 is 11.8. The molecule has 1 aromatic rings. The number of sulfonamides is 1. The topological polar surface area (TPSA) is 92.4 Å². The van der Waals surface area contributed by atoms with Crippen LogP contribution in [-0.4, -0.2) is 26.7 Å². The molecular formula is C12H18Cl2N2O3S. The quantitative estimate of drug-likeness (QED) is 0.663. The average molecular weight is 341 g/mol. The van der Waals surface area contributed by atoms with Crippen LogP contribution in [0.2, 0.25) is 10.0 Å². The first-order chi connectivity index (χ1) is 9.31. The Labute approximate surface area is 129 Å². The number of anilines is 1. The lowest BCUT2D eigenvalue weighted by molar-refractivity contribution is 0.254. The van der Waals surface area contributed by atoms with Gasteiger partial charge in [0, 0.05) is 18.8 Å². The highest BCUT2D eigenvalue weighted by molar-refractivity contribution is 7.89. The highest BCUT2D eigenvalue weighted by Crippen LogP contribution is 2.31. The van der Waals surface area contributed by atoms with Crippen molar-refractivity contribution in [2.75, 3.05) is 18.9 Å². The SMILES string of the molecule is CCC(CCO)CNS(=O)(=O)c1c(Cl)cc(N)cc1Cl. The van der Waals surface area contributed by atoms with Gasteiger partial charge in [-0.3, -0.25) is 0 Å². The van der Waals surface area contributed by atoms with Crippen molar-refractivity contribution in [3.8, 4) is 0 Å². The zero-order valence-corrected chi connectivity index (χ0v) is 13.4. The van der Waals surface area contributed by atoms with E-state index in [2.05, 4.69) is 4.72 Å². The van der Waals surface area contributed by atoms with Gasteiger partial charge in [0.05, 0.1) is 10.0 Å². The van der Waals surface area contributed by atoms with Gasteiger partial charge in [0.25, 0.3) is 0 Å². The number of aliphatic hydroxyl groups excluding tert-OH is 1. The van der Waals surface area contributed by atoms with Gasteiger partial charge in [-0.15, -0.1) is 0 Å². The monoisotopic (exact) mass is 340 g/mol. The Bertz CT molecular complexity index is 541. The molecule has 1 rings (SSSR count). The van der Waals surface area contributed by atoms with E-state index in [9.17, 15) is 8.42 Å². The molecule has 0 heterocycles. The maximum atomic E-state index is 12.2. The van der Waals surface area contributed by atoms with E-state index < -0.39 is 10.0 Å². The van der Waals surface area contributed by atoms with E-state index in [4.69, 9.17) is 34.0 Å². The molecule has 1 aromatic carbocycles. The van der Waals surface area contributed by atoms with Gasteiger partial charge in [-0.05, 0) is 24.5 Å². The van der Waals surface area contributed by atoms with E-state index in [0.717, 1.165) is 6.42 Å². The maximum Gasteiger partial charge on any atom is 0.243 e. The average Bonchev–Trinajstić information content (AvgIpc) is 2.32. The highest BCUT2D eigenvalue weighted by Gasteiger charge is 2.23. The molecular weight excluding hydrogens is 323 g/mol. The van der Waals surface area contributed by atoms with Crippen LogP contribution in [0.5, 0.6) is 0 Å². The third-order valence-corrected chi connectivity index (χ3v) is 5.31. The van der Waals surface area contributed by atoms with Crippen LogP contribution < -0.4 is 10.5 Å². The molecule has 114 valence electrons. The fraction of sp³-hybridized carbons (Fsp3) is 0.500. The molecule has 0 saturated heterocycles. The largest absolute Gasteiger partial charge is 0.399 e. The van der Waals surface area contributed by atoms with Gasteiger partial charge < -0.3 is 10.8 Å². The molecule has 0 aliphatic heterocycles. The van der Waals surface area contributed by atoms with E-state index in [0.29, 0.717) is 12.1 Å². The second kappa shape index (κ2) is 7.47. The number of aliphatic hydroxyl groups is 1. The second-order valence-electron chi connectivity index (χ2n) is 4.45. The lowest BCUT2D eigenvalue weighted by atomic mass is 10.0. The van der Waals surface area contributed by atoms with E-state index in [-0.39, 0.29) is 34.0 Å². The van der Waals surface area contributed by atoms with Crippen LogP contribution in [0.3, 0.4) is 0 Å². The normalized spacial score (nSPS) is 13.4. The zero-order chi connectivity index (χ0) is 15.3. The van der Waals surface area contributed by atoms with Crippen molar-refractivity contribution < 1.29 is 13.5 Å². The van der Waals surface area contributed by atoms with Crippen LogP contribution in [0.1, 0.15) is 19.8 Å². The number of rotatable bonds is 7. The fourth-order valence-electron chi connectivity index (χ4n) is 1.77. The fourth-order valence-corrected chi connectivity index (χ4v) is 4.11. The molecule has 0 spiro atoms. The Morgan fingerprint density at radius 3 is 2.35 bits per heavy atom. The minimum absolute atomic E-state index is 0.0160. The van der Waals surface area contributed by atoms with Crippen LogP contribution in [0, 0.1) is 5.92 Å². The molecule has 4 N–H and O–H groups in total. The number of halogens is 2. The van der Waals surface area contributed by atoms with E-state index in [1.807, 2.05) is 6.92 Å². The van der Waals surface area contributed by atoms with Gasteiger partial charge >= 0.3 is 0 Å². The van der Waals surface area contributed by atoms with Crippen molar-refractivity contribution in [2.24, 2.45) is 5.92 Å². The van der Waals surface area contributed by atoms with Crippen LogP contribution in [0.15, 0.2) is 17.0 Å². The van der Waals surface area contributed by atoms with Crippen molar-refractivity contribution in [2.45, 2.75) is 24.7 Å². The number of hydrogen-bond donors (Lipinski definition) is 3. The number of nitrogens with one attached hydrogen (secondary N) is 1. The summed E-state index contributed by atoms with van der Waals surface area (Å²) in [7, 11) is -3.81. The summed E-state index contributed by atoms with van der Waals surface area (Å²) in [6.07, 6.45) is 1.29. The predicted molar refractivity (Wildman–Crippen MR) is 81.5 cm³/mol. The maximum absolute atomic E-state index is 12.2. The van der Waals surface area contributed by atoms with Crippen LogP contribution in [0.4, 0.5) is 5.69 Å². The molecule has 0 aliphatic rings. The standard InChI is InChI=1S/C12H18Cl2N2O3S/c1-2-8(3-4-17)7-16-20(18,19)12-10(13)5-9(15)6-11(12)14/h5-6,8,16-17H,2-4,7,15H2,1H3. The molecule has 0 radical (unpaired) electrons. The number of nitrogens with two attached hydrogens (primary N) is 1. The molecule has 1 atom stereocenters. The van der Waals surface area contributed by atoms with E-state index >= 15 is 0 Å². The first-order valence-electron chi connectivity index (χ1n) is 6.16. The molecule has 20 heavy (non-hydrogen) atoms. The Kier molecular flexibility index (Phi) is 6.54. The lowest BCUT2D eigenvalue weighted by Crippen LogP contribution is -2.30. The first-order valence-corrected chi connectivity index (χ1v) is 8.40. The summed E-state index contributed by atoms with van der Waals surface area (Å²) in [5.74, 6) is 0.0566. The Morgan fingerprint density at radius 2 is 1.90 bits per heavy atom. The highest BCUT2D eigenvalue weighted by atomic mass is 35.5. The Balaban J connectivity index is 2.95. The van der Waals surface area contributed by atoms with Gasteiger partial charge in [-0.2, -0.15) is 0 Å². The summed E-state index contributed by atoms with van der Waals surface area (Å²) in [5.41, 5.74) is 5.84. The molecule has 0 amide bonds. The second-order valence-corrected chi connectivity index (χ2v) is 6.97. The van der Waals surface area contributed by atoms with Crippen LogP contribution in [0.25, 0.3) is 0 Å². The molecule has 1 unspecified atom stereocenters. The van der Waals surface area contributed by atoms with Crippen molar-refractivity contribution >= 4 is 38.9 Å². The Hall–Kier alpha value is -0.530. The summed E-state index contributed by atoms with van der Waals surface area (Å²) in [6, 6.07) is 2.68. The molecule has 8 heteroatoms. The molecule has 0 aliphatic carbocycles. The molecule has 0 aromatic heterocycles. The zero-order valence-electron chi connectivity index (χ0n) is 11.1. The number of nitrogen functional groups attached to an aromatic ring is 1. The van der Waals surface area contributed by atoms with Crippen LogP contribution in [-0.2, 0) is 10.0 Å². The predicted octanol–water partition coefficient (Wildman–Crippen LogP) is 2.26. The Morgan fingerprint density at radius 1 is 1.35 bits per heavy atom. The first kappa shape index (κ1) is 17.5. The number of benzene rings is 1. The summed E-state index contributed by atoms with van der Waals surface area (Å²) in [6.45, 7) is 2.16. The van der Waals surface area contributed by atoms with Crippen molar-refractivity contribution in [1.82, 2.24) is 4.72 Å². The van der Waals surface area contributed by atoms with E-state index in [1.165, 1.54) is 12.1 Å². The summed E-state index contributed by atoms with van der Waals surface area (Å²) in [5, 5.41) is 8.87. The molecule has 0 bridgehead atoms. The third kappa shape index (κ3) is 4.49. The van der Waals surface area contributed by atoms with Crippen molar-refractivity contribution in [3.05, 3.63) is 22.2 Å². The number of hydrogen-bond acceptors (Lipinski definition) is 4. The summed E-state index contributed by atoms with van der Waals surface area (Å²) < 4.78 is 26.9. The smallest absolute Gasteiger partial charge is 0.243 e. The van der Waals surface area contributed by atoms with E-state index in [1.54, 1.807) is 0 Å².